The molecule has 120 valence electrons. The van der Waals surface area contributed by atoms with Gasteiger partial charge in [0.1, 0.15) is 0 Å². The van der Waals surface area contributed by atoms with E-state index in [2.05, 4.69) is 27.7 Å². The van der Waals surface area contributed by atoms with Crippen LogP contribution in [0.25, 0.3) is 0 Å². The molecule has 0 heterocycles. The summed E-state index contributed by atoms with van der Waals surface area (Å²) in [6, 6.07) is 0. The molecule has 0 saturated carbocycles. The van der Waals surface area contributed by atoms with Gasteiger partial charge in [-0.1, -0.05) is 96.1 Å². The van der Waals surface area contributed by atoms with Crippen molar-refractivity contribution in [2.24, 2.45) is 0 Å². The van der Waals surface area contributed by atoms with E-state index in [-0.39, 0.29) is 0 Å². The summed E-state index contributed by atoms with van der Waals surface area (Å²) in [5, 5.41) is 0. The van der Waals surface area contributed by atoms with Crippen LogP contribution in [0.15, 0.2) is 11.1 Å². The highest BCUT2D eigenvalue weighted by Crippen LogP contribution is 2.19. The largest absolute Gasteiger partial charge is 0.0744 e. The summed E-state index contributed by atoms with van der Waals surface area (Å²) < 4.78 is 0. The van der Waals surface area contributed by atoms with Crippen LogP contribution in [0.2, 0.25) is 0 Å². The zero-order valence-electron chi connectivity index (χ0n) is 14.9. The fourth-order valence-corrected chi connectivity index (χ4v) is 2.94. The van der Waals surface area contributed by atoms with Crippen molar-refractivity contribution in [3.05, 3.63) is 11.1 Å². The molecule has 0 rings (SSSR count). The molecule has 0 fully saturated rings. The minimum atomic E-state index is 1.24. The van der Waals surface area contributed by atoms with E-state index in [9.17, 15) is 0 Å². The standard InChI is InChI=1S/C20H40/c1-5-8-9-10-11-12-13-14-15-16-17-18-20(7-3)19(4)6-2/h5-18H2,1-4H3. The second-order valence-electron chi connectivity index (χ2n) is 6.38. The molecule has 0 heteroatoms. The van der Waals surface area contributed by atoms with Crippen LogP contribution < -0.4 is 0 Å². The van der Waals surface area contributed by atoms with Gasteiger partial charge in [-0.15, -0.1) is 0 Å². The van der Waals surface area contributed by atoms with Crippen molar-refractivity contribution in [3.63, 3.8) is 0 Å². The Balaban J connectivity index is 3.32. The van der Waals surface area contributed by atoms with Crippen molar-refractivity contribution in [3.8, 4) is 0 Å². The van der Waals surface area contributed by atoms with Crippen LogP contribution in [0.4, 0.5) is 0 Å². The van der Waals surface area contributed by atoms with Gasteiger partial charge in [0, 0.05) is 0 Å². The lowest BCUT2D eigenvalue weighted by Crippen LogP contribution is -1.89. The molecule has 0 amide bonds. The van der Waals surface area contributed by atoms with Crippen molar-refractivity contribution >= 4 is 0 Å². The van der Waals surface area contributed by atoms with Crippen molar-refractivity contribution < 1.29 is 0 Å². The van der Waals surface area contributed by atoms with Gasteiger partial charge in [-0.05, 0) is 32.6 Å². The van der Waals surface area contributed by atoms with Crippen molar-refractivity contribution in [2.45, 2.75) is 118 Å². The van der Waals surface area contributed by atoms with E-state index in [0.29, 0.717) is 0 Å². The Morgan fingerprint density at radius 1 is 0.550 bits per heavy atom. The molecule has 0 aliphatic rings. The van der Waals surface area contributed by atoms with Gasteiger partial charge in [0.25, 0.3) is 0 Å². The van der Waals surface area contributed by atoms with Crippen LogP contribution in [0.3, 0.4) is 0 Å². The maximum Gasteiger partial charge on any atom is -0.0318 e. The second-order valence-corrected chi connectivity index (χ2v) is 6.38. The van der Waals surface area contributed by atoms with Crippen molar-refractivity contribution in [2.75, 3.05) is 0 Å². The third-order valence-corrected chi connectivity index (χ3v) is 4.64. The van der Waals surface area contributed by atoms with Crippen LogP contribution in [-0.2, 0) is 0 Å². The Morgan fingerprint density at radius 2 is 1.00 bits per heavy atom. The predicted molar refractivity (Wildman–Crippen MR) is 94.4 cm³/mol. The summed E-state index contributed by atoms with van der Waals surface area (Å²) in [6.07, 6.45) is 19.8. The van der Waals surface area contributed by atoms with Gasteiger partial charge in [-0.3, -0.25) is 0 Å². The van der Waals surface area contributed by atoms with Gasteiger partial charge < -0.3 is 0 Å². The van der Waals surface area contributed by atoms with Gasteiger partial charge in [0.2, 0.25) is 0 Å². The van der Waals surface area contributed by atoms with Crippen molar-refractivity contribution in [1.82, 2.24) is 0 Å². The van der Waals surface area contributed by atoms with Crippen molar-refractivity contribution in [1.29, 1.82) is 0 Å². The molecule has 0 spiro atoms. The van der Waals surface area contributed by atoms with Gasteiger partial charge in [-0.2, -0.15) is 0 Å². The molecule has 0 atom stereocenters. The maximum atomic E-state index is 2.32. The lowest BCUT2D eigenvalue weighted by atomic mass is 9.98. The molecule has 0 N–H and O–H groups in total. The van der Waals surface area contributed by atoms with Gasteiger partial charge in [0.15, 0.2) is 0 Å². The third-order valence-electron chi connectivity index (χ3n) is 4.64. The Labute approximate surface area is 129 Å². The zero-order chi connectivity index (χ0) is 15.1. The van der Waals surface area contributed by atoms with Crippen LogP contribution >= 0.6 is 0 Å². The highest BCUT2D eigenvalue weighted by molar-refractivity contribution is 5.10. The van der Waals surface area contributed by atoms with E-state index >= 15 is 0 Å². The number of hydrogen-bond donors (Lipinski definition) is 0. The minimum Gasteiger partial charge on any atom is -0.0744 e. The zero-order valence-corrected chi connectivity index (χ0v) is 14.9. The number of hydrogen-bond acceptors (Lipinski definition) is 0. The fraction of sp³-hybridized carbons (Fsp3) is 0.900. The molecule has 0 saturated heterocycles. The number of allylic oxidation sites excluding steroid dienone is 2. The summed E-state index contributed by atoms with van der Waals surface area (Å²) in [4.78, 5) is 0. The fourth-order valence-electron chi connectivity index (χ4n) is 2.94. The number of unbranched alkanes of at least 4 members (excludes halogenated alkanes) is 10. The van der Waals surface area contributed by atoms with Crippen LogP contribution in [0.5, 0.6) is 0 Å². The Kier molecular flexibility index (Phi) is 14.9. The summed E-state index contributed by atoms with van der Waals surface area (Å²) in [5.41, 5.74) is 3.36. The normalized spacial score (nSPS) is 12.6. The maximum absolute atomic E-state index is 2.32. The lowest BCUT2D eigenvalue weighted by Gasteiger charge is -2.09. The summed E-state index contributed by atoms with van der Waals surface area (Å²) >= 11 is 0. The average Bonchev–Trinajstić information content (AvgIpc) is 2.48. The first-order valence-electron chi connectivity index (χ1n) is 9.43. The highest BCUT2D eigenvalue weighted by Gasteiger charge is 1.99. The molecule has 20 heavy (non-hydrogen) atoms. The molecule has 0 nitrogen and oxygen atoms in total. The van der Waals surface area contributed by atoms with E-state index in [1.165, 1.54) is 89.9 Å². The molecule has 0 radical (unpaired) electrons. The van der Waals surface area contributed by atoms with E-state index in [4.69, 9.17) is 0 Å². The Hall–Kier alpha value is -0.260. The average molecular weight is 281 g/mol. The smallest absolute Gasteiger partial charge is 0.0318 e. The highest BCUT2D eigenvalue weighted by atomic mass is 14.1. The van der Waals surface area contributed by atoms with Crippen LogP contribution in [0, 0.1) is 0 Å². The molecule has 0 aromatic heterocycles. The van der Waals surface area contributed by atoms with Crippen LogP contribution in [0.1, 0.15) is 118 Å². The first kappa shape index (κ1) is 19.7. The predicted octanol–water partition coefficient (Wildman–Crippen LogP) is 7.82. The molecule has 0 bridgehead atoms. The topological polar surface area (TPSA) is 0 Å². The molecule has 0 aliphatic heterocycles. The number of rotatable bonds is 14. The first-order chi connectivity index (χ1) is 9.76. The van der Waals surface area contributed by atoms with Gasteiger partial charge >= 0.3 is 0 Å². The molecule has 0 aromatic rings. The first-order valence-corrected chi connectivity index (χ1v) is 9.43. The molecule has 0 unspecified atom stereocenters. The summed E-state index contributed by atoms with van der Waals surface area (Å²) in [7, 11) is 0. The lowest BCUT2D eigenvalue weighted by molar-refractivity contribution is 0.548. The van der Waals surface area contributed by atoms with Gasteiger partial charge in [-0.25, -0.2) is 0 Å². The quantitative estimate of drug-likeness (QED) is 0.225. The second kappa shape index (κ2) is 15.1. The summed E-state index contributed by atoms with van der Waals surface area (Å²) in [5.74, 6) is 0. The van der Waals surface area contributed by atoms with E-state index in [1.54, 1.807) is 11.1 Å². The SMILES string of the molecule is CCCCCCCCCCCCCC(CC)=C(C)CC. The van der Waals surface area contributed by atoms with E-state index in [0.717, 1.165) is 0 Å². The van der Waals surface area contributed by atoms with E-state index < -0.39 is 0 Å². The molecular formula is C20H40. The monoisotopic (exact) mass is 280 g/mol. The Bertz CT molecular complexity index is 224. The van der Waals surface area contributed by atoms with Crippen LogP contribution in [-0.4, -0.2) is 0 Å². The Morgan fingerprint density at radius 3 is 1.40 bits per heavy atom. The third kappa shape index (κ3) is 11.6. The molecular weight excluding hydrogens is 240 g/mol. The minimum absolute atomic E-state index is 1.24. The van der Waals surface area contributed by atoms with E-state index in [1.807, 2.05) is 0 Å². The molecule has 0 aliphatic carbocycles. The van der Waals surface area contributed by atoms with Gasteiger partial charge in [0.05, 0.1) is 0 Å². The molecule has 0 aromatic carbocycles. The summed E-state index contributed by atoms with van der Waals surface area (Å²) in [6.45, 7) is 9.21.